The number of hydrogen-bond donors (Lipinski definition) is 1. The van der Waals surface area contributed by atoms with Crippen molar-refractivity contribution in [1.82, 2.24) is 15.1 Å². The van der Waals surface area contributed by atoms with Crippen LogP contribution in [0.5, 0.6) is 0 Å². The van der Waals surface area contributed by atoms with Crippen molar-refractivity contribution in [1.29, 1.82) is 0 Å². The van der Waals surface area contributed by atoms with E-state index in [1.54, 1.807) is 0 Å². The number of nitrogens with zero attached hydrogens (tertiary/aromatic N) is 2. The van der Waals surface area contributed by atoms with Crippen LogP contribution in [-0.4, -0.2) is 60.0 Å². The second-order valence-electron chi connectivity index (χ2n) is 6.76. The highest BCUT2D eigenvalue weighted by Gasteiger charge is 2.25. The average Bonchev–Trinajstić information content (AvgIpc) is 2.39. The minimum absolute atomic E-state index is 0.0933. The van der Waals surface area contributed by atoms with Gasteiger partial charge in [-0.25, -0.2) is 0 Å². The van der Waals surface area contributed by atoms with Gasteiger partial charge in [0.1, 0.15) is 0 Å². The van der Waals surface area contributed by atoms with E-state index >= 15 is 0 Å². The van der Waals surface area contributed by atoms with Crippen LogP contribution >= 0.6 is 0 Å². The molecule has 0 bridgehead atoms. The lowest BCUT2D eigenvalue weighted by molar-refractivity contribution is -0.132. The monoisotopic (exact) mass is 283 g/mol. The number of piperidine rings is 1. The molecule has 0 aromatic heterocycles. The lowest BCUT2D eigenvalue weighted by atomic mass is 10.0. The quantitative estimate of drug-likeness (QED) is 0.811. The number of carbonyl (C=O) groups is 1. The summed E-state index contributed by atoms with van der Waals surface area (Å²) < 4.78 is 0. The second kappa shape index (κ2) is 7.99. The number of likely N-dealkylation sites (tertiary alicyclic amines) is 1. The Morgan fingerprint density at radius 2 is 1.75 bits per heavy atom. The molecule has 4 heteroatoms. The van der Waals surface area contributed by atoms with Crippen molar-refractivity contribution in [3.05, 3.63) is 0 Å². The number of nitrogens with one attached hydrogen (secondary N) is 1. The van der Waals surface area contributed by atoms with E-state index in [1.807, 2.05) is 4.90 Å². The molecule has 0 aromatic carbocycles. The fourth-order valence-electron chi connectivity index (χ4n) is 2.92. The predicted molar refractivity (Wildman–Crippen MR) is 84.9 cm³/mol. The summed E-state index contributed by atoms with van der Waals surface area (Å²) in [5.74, 6) is 0.305. The Hall–Kier alpha value is -0.610. The molecule has 0 radical (unpaired) electrons. The minimum atomic E-state index is 0.0933. The lowest BCUT2D eigenvalue weighted by Gasteiger charge is -2.37. The molecule has 4 nitrogen and oxygen atoms in total. The van der Waals surface area contributed by atoms with E-state index in [9.17, 15) is 4.79 Å². The van der Waals surface area contributed by atoms with E-state index in [0.29, 0.717) is 18.4 Å². The SMILES string of the molecule is CCN(CC)C1CCN(C(=O)CCNC(C)(C)C)CC1. The number of hydrogen-bond acceptors (Lipinski definition) is 3. The van der Waals surface area contributed by atoms with E-state index in [0.717, 1.165) is 45.6 Å². The fraction of sp³-hybridized carbons (Fsp3) is 0.938. The summed E-state index contributed by atoms with van der Waals surface area (Å²) in [7, 11) is 0. The molecule has 1 aliphatic heterocycles. The molecule has 0 unspecified atom stereocenters. The van der Waals surface area contributed by atoms with Crippen LogP contribution in [0.25, 0.3) is 0 Å². The third-order valence-electron chi connectivity index (χ3n) is 4.14. The number of carbonyl (C=O) groups excluding carboxylic acids is 1. The van der Waals surface area contributed by atoms with Crippen molar-refractivity contribution < 1.29 is 4.79 Å². The van der Waals surface area contributed by atoms with E-state index < -0.39 is 0 Å². The maximum Gasteiger partial charge on any atom is 0.223 e. The van der Waals surface area contributed by atoms with Crippen molar-refractivity contribution in [2.24, 2.45) is 0 Å². The molecule has 20 heavy (non-hydrogen) atoms. The second-order valence-corrected chi connectivity index (χ2v) is 6.76. The van der Waals surface area contributed by atoms with Gasteiger partial charge in [0.25, 0.3) is 0 Å². The Morgan fingerprint density at radius 3 is 2.20 bits per heavy atom. The zero-order chi connectivity index (χ0) is 15.2. The molecule has 0 aromatic rings. The molecule has 1 fully saturated rings. The first-order valence-electron chi connectivity index (χ1n) is 8.14. The van der Waals surface area contributed by atoms with Crippen LogP contribution in [0, 0.1) is 0 Å². The predicted octanol–water partition coefficient (Wildman–Crippen LogP) is 2.10. The van der Waals surface area contributed by atoms with E-state index in [-0.39, 0.29) is 5.54 Å². The Balaban J connectivity index is 2.28. The van der Waals surface area contributed by atoms with Crippen molar-refractivity contribution in [3.8, 4) is 0 Å². The maximum absolute atomic E-state index is 12.2. The molecule has 0 aliphatic carbocycles. The van der Waals surface area contributed by atoms with Crippen LogP contribution in [0.15, 0.2) is 0 Å². The normalized spacial score (nSPS) is 17.8. The molecule has 1 amide bonds. The number of amides is 1. The molecule has 118 valence electrons. The van der Waals surface area contributed by atoms with Crippen LogP contribution in [0.4, 0.5) is 0 Å². The van der Waals surface area contributed by atoms with Gasteiger partial charge in [0.2, 0.25) is 5.91 Å². The molecule has 1 heterocycles. The van der Waals surface area contributed by atoms with Gasteiger partial charge < -0.3 is 15.1 Å². The molecule has 1 rings (SSSR count). The number of rotatable bonds is 6. The highest BCUT2D eigenvalue weighted by atomic mass is 16.2. The summed E-state index contributed by atoms with van der Waals surface area (Å²) in [6.07, 6.45) is 2.87. The van der Waals surface area contributed by atoms with Gasteiger partial charge in [0.05, 0.1) is 0 Å². The standard InChI is InChI=1S/C16H33N3O/c1-6-18(7-2)14-9-12-19(13-10-14)15(20)8-11-17-16(3,4)5/h14,17H,6-13H2,1-5H3. The fourth-order valence-corrected chi connectivity index (χ4v) is 2.92. The van der Waals surface area contributed by atoms with E-state index in [2.05, 4.69) is 44.8 Å². The van der Waals surface area contributed by atoms with Gasteiger partial charge in [0.15, 0.2) is 0 Å². The van der Waals surface area contributed by atoms with Crippen molar-refractivity contribution in [3.63, 3.8) is 0 Å². The minimum Gasteiger partial charge on any atom is -0.343 e. The summed E-state index contributed by atoms with van der Waals surface area (Å²) >= 11 is 0. The lowest BCUT2D eigenvalue weighted by Crippen LogP contribution is -2.47. The zero-order valence-electron chi connectivity index (χ0n) is 14.0. The molecule has 1 saturated heterocycles. The summed E-state index contributed by atoms with van der Waals surface area (Å²) in [5, 5.41) is 3.38. The molecular formula is C16H33N3O. The highest BCUT2D eigenvalue weighted by molar-refractivity contribution is 5.76. The summed E-state index contributed by atoms with van der Waals surface area (Å²) in [4.78, 5) is 16.7. The molecule has 0 saturated carbocycles. The molecule has 0 spiro atoms. The smallest absolute Gasteiger partial charge is 0.223 e. The Morgan fingerprint density at radius 1 is 1.20 bits per heavy atom. The van der Waals surface area contributed by atoms with Gasteiger partial charge in [-0.2, -0.15) is 0 Å². The van der Waals surface area contributed by atoms with E-state index in [4.69, 9.17) is 0 Å². The Labute approximate surface area is 124 Å². The largest absolute Gasteiger partial charge is 0.343 e. The third-order valence-corrected chi connectivity index (χ3v) is 4.14. The summed E-state index contributed by atoms with van der Waals surface area (Å²) in [5.41, 5.74) is 0.0933. The highest BCUT2D eigenvalue weighted by Crippen LogP contribution is 2.16. The first kappa shape index (κ1) is 17.4. The van der Waals surface area contributed by atoms with Gasteiger partial charge in [-0.05, 0) is 46.7 Å². The summed E-state index contributed by atoms with van der Waals surface area (Å²) in [6, 6.07) is 0.668. The van der Waals surface area contributed by atoms with Crippen LogP contribution in [-0.2, 0) is 4.79 Å². The average molecular weight is 283 g/mol. The van der Waals surface area contributed by atoms with Crippen molar-refractivity contribution in [2.45, 2.75) is 65.5 Å². The van der Waals surface area contributed by atoms with Crippen LogP contribution in [0.1, 0.15) is 53.9 Å². The van der Waals surface area contributed by atoms with Gasteiger partial charge >= 0.3 is 0 Å². The van der Waals surface area contributed by atoms with Crippen LogP contribution in [0.2, 0.25) is 0 Å². The molecule has 0 atom stereocenters. The molecule has 1 aliphatic rings. The van der Waals surface area contributed by atoms with E-state index in [1.165, 1.54) is 0 Å². The van der Waals surface area contributed by atoms with Gasteiger partial charge in [-0.15, -0.1) is 0 Å². The summed E-state index contributed by atoms with van der Waals surface area (Å²) in [6.45, 7) is 15.7. The Bertz CT molecular complexity index is 287. The maximum atomic E-state index is 12.2. The van der Waals surface area contributed by atoms with Gasteiger partial charge in [0, 0.05) is 37.6 Å². The zero-order valence-corrected chi connectivity index (χ0v) is 14.0. The van der Waals surface area contributed by atoms with Crippen LogP contribution < -0.4 is 5.32 Å². The first-order chi connectivity index (χ1) is 9.37. The van der Waals surface area contributed by atoms with Crippen molar-refractivity contribution >= 4 is 5.91 Å². The molecular weight excluding hydrogens is 250 g/mol. The molecule has 1 N–H and O–H groups in total. The Kier molecular flexibility index (Phi) is 6.96. The topological polar surface area (TPSA) is 35.6 Å². The van der Waals surface area contributed by atoms with Crippen molar-refractivity contribution in [2.75, 3.05) is 32.7 Å². The van der Waals surface area contributed by atoms with Gasteiger partial charge in [-0.1, -0.05) is 13.8 Å². The third kappa shape index (κ3) is 5.80. The van der Waals surface area contributed by atoms with Gasteiger partial charge in [-0.3, -0.25) is 4.79 Å². The first-order valence-corrected chi connectivity index (χ1v) is 8.14. The van der Waals surface area contributed by atoms with Crippen LogP contribution in [0.3, 0.4) is 0 Å².